The summed E-state index contributed by atoms with van der Waals surface area (Å²) in [4.78, 5) is 69.3. The first kappa shape index (κ1) is 46.1. The summed E-state index contributed by atoms with van der Waals surface area (Å²) in [5.74, 6) is 1.46. The molecule has 2 aliphatic heterocycles. The van der Waals surface area contributed by atoms with Crippen molar-refractivity contribution in [3.8, 4) is 0 Å². The number of nitrogens with one attached hydrogen (secondary N) is 3. The van der Waals surface area contributed by atoms with Gasteiger partial charge < -0.3 is 25.6 Å². The van der Waals surface area contributed by atoms with Crippen LogP contribution < -0.4 is 16.0 Å². The molecule has 272 valence electrons. The molecule has 0 aromatic rings. The van der Waals surface area contributed by atoms with E-state index in [2.05, 4.69) is 43.6 Å². The highest BCUT2D eigenvalue weighted by Gasteiger charge is 2.31. The Kier molecular flexibility index (Phi) is 32.3. The Morgan fingerprint density at radius 3 is 1.72 bits per heavy atom. The van der Waals surface area contributed by atoms with Crippen LogP contribution in [0.2, 0.25) is 0 Å². The molecule has 47 heavy (non-hydrogen) atoms. The van der Waals surface area contributed by atoms with Crippen LogP contribution in [0.5, 0.6) is 0 Å². The third-order valence-electron chi connectivity index (χ3n) is 7.93. The highest BCUT2D eigenvalue weighted by molar-refractivity contribution is 5.90. The molecular weight excluding hydrogens is 596 g/mol. The van der Waals surface area contributed by atoms with Crippen LogP contribution in [0.1, 0.15) is 164 Å². The van der Waals surface area contributed by atoms with Gasteiger partial charge in [-0.05, 0) is 39.0 Å². The Labute approximate surface area is 286 Å². The lowest BCUT2D eigenvalue weighted by Crippen LogP contribution is -2.53. The lowest BCUT2D eigenvalue weighted by molar-refractivity contribution is -0.130. The van der Waals surface area contributed by atoms with E-state index in [1.54, 1.807) is 11.8 Å². The molecule has 0 aromatic heterocycles. The molecule has 2 fully saturated rings. The maximum Gasteiger partial charge on any atom is 0.243 e. The molecule has 2 aliphatic rings. The fraction of sp³-hybridized carbons (Fsp3) is 0.811. The fourth-order valence-electron chi connectivity index (χ4n) is 4.75. The molecule has 0 bridgehead atoms. The van der Waals surface area contributed by atoms with E-state index in [1.807, 2.05) is 12.9 Å². The summed E-state index contributed by atoms with van der Waals surface area (Å²) in [5, 5.41) is 7.47. The first-order valence-corrected chi connectivity index (χ1v) is 18.4. The minimum absolute atomic E-state index is 0.00197. The first-order valence-electron chi connectivity index (χ1n) is 18.4. The summed E-state index contributed by atoms with van der Waals surface area (Å²) in [6.45, 7) is 12.5. The van der Waals surface area contributed by atoms with Crippen molar-refractivity contribution in [2.75, 3.05) is 26.2 Å². The van der Waals surface area contributed by atoms with Gasteiger partial charge in [0.25, 0.3) is 0 Å². The third kappa shape index (κ3) is 27.8. The van der Waals surface area contributed by atoms with Crippen molar-refractivity contribution in [2.24, 2.45) is 0 Å². The van der Waals surface area contributed by atoms with E-state index in [4.69, 9.17) is 0 Å². The van der Waals surface area contributed by atoms with Gasteiger partial charge in [0.1, 0.15) is 29.2 Å². The van der Waals surface area contributed by atoms with Gasteiger partial charge in [0.05, 0.1) is 19.6 Å². The van der Waals surface area contributed by atoms with Crippen molar-refractivity contribution in [3.05, 3.63) is 5.70 Å². The Morgan fingerprint density at radius 2 is 1.19 bits per heavy atom. The van der Waals surface area contributed by atoms with E-state index in [9.17, 15) is 28.8 Å². The molecule has 3 N–H and O–H groups in total. The molecule has 1 atom stereocenters. The number of rotatable bonds is 15. The van der Waals surface area contributed by atoms with Gasteiger partial charge in [-0.25, -0.2) is 4.79 Å². The zero-order valence-corrected chi connectivity index (χ0v) is 30.7. The summed E-state index contributed by atoms with van der Waals surface area (Å²) in [7, 11) is 0. The zero-order chi connectivity index (χ0) is 35.7. The molecule has 0 saturated carbocycles. The average molecular weight is 665 g/mol. The number of unbranched alkanes of at least 4 members (excludes halogenated alkanes) is 10. The summed E-state index contributed by atoms with van der Waals surface area (Å²) >= 11 is 0. The summed E-state index contributed by atoms with van der Waals surface area (Å²) < 4.78 is 0. The Hall–Kier alpha value is -3.00. The minimum atomic E-state index is -0.501. The maximum atomic E-state index is 12.2. The average Bonchev–Trinajstić information content (AvgIpc) is 3.08. The lowest BCUT2D eigenvalue weighted by Gasteiger charge is -2.36. The Morgan fingerprint density at radius 1 is 0.681 bits per heavy atom. The zero-order valence-electron chi connectivity index (χ0n) is 30.7. The highest BCUT2D eigenvalue weighted by Crippen LogP contribution is 2.20. The highest BCUT2D eigenvalue weighted by atomic mass is 16.2. The van der Waals surface area contributed by atoms with E-state index in [1.165, 1.54) is 70.6 Å². The standard InChI is InChI=1S/C13H18N4O4.C12H24O.C8H16O.C4H10/c18-8-9-5-14-11(19)6-15-12(20)7-16-13(21)10-3-1-2-4-17(9)10;1-3-4-5-6-7-8-9-10-11-12(2)13;1-3-5-6-7-8(9)4-2;1-3-4-2/h10H,1-7H2,(H,14,19)(H,15,20)(H,16,21);3-11H2,1-2H3;3-7H2,1-2H3;3-4H2,1-2H3. The molecular formula is C37H68N4O6. The normalized spacial score (nSPS) is 16.3. The number of nitrogens with zero attached hydrogens (tertiary/aromatic N) is 1. The van der Waals surface area contributed by atoms with E-state index in [0.29, 0.717) is 31.0 Å². The van der Waals surface area contributed by atoms with Gasteiger partial charge in [-0.3, -0.25) is 19.2 Å². The molecule has 0 spiro atoms. The second-order valence-electron chi connectivity index (χ2n) is 12.3. The van der Waals surface area contributed by atoms with Gasteiger partial charge in [-0.15, -0.1) is 0 Å². The van der Waals surface area contributed by atoms with Gasteiger partial charge in [0, 0.05) is 25.8 Å². The van der Waals surface area contributed by atoms with Crippen molar-refractivity contribution in [1.29, 1.82) is 0 Å². The minimum Gasteiger partial charge on any atom is -0.352 e. The monoisotopic (exact) mass is 665 g/mol. The first-order chi connectivity index (χ1) is 22.6. The molecule has 10 heteroatoms. The summed E-state index contributed by atoms with van der Waals surface area (Å²) in [6, 6.07) is -0.501. The predicted octanol–water partition coefficient (Wildman–Crippen LogP) is 6.38. The number of piperidine rings is 1. The number of hydrogen-bond acceptors (Lipinski definition) is 7. The second-order valence-corrected chi connectivity index (χ2v) is 12.3. The number of amides is 3. The maximum absolute atomic E-state index is 12.2. The van der Waals surface area contributed by atoms with Gasteiger partial charge in [-0.1, -0.05) is 105 Å². The fourth-order valence-corrected chi connectivity index (χ4v) is 4.75. The number of ketones is 2. The topological polar surface area (TPSA) is 142 Å². The summed E-state index contributed by atoms with van der Waals surface area (Å²) in [6.07, 6.45) is 21.3. The van der Waals surface area contributed by atoms with Crippen molar-refractivity contribution in [1.82, 2.24) is 20.9 Å². The van der Waals surface area contributed by atoms with E-state index in [-0.39, 0.29) is 31.2 Å². The molecule has 2 saturated heterocycles. The van der Waals surface area contributed by atoms with E-state index in [0.717, 1.165) is 38.5 Å². The number of hydrogen-bond donors (Lipinski definition) is 3. The SMILES string of the molecule is CCCC.CCCCCC(=O)CC.CCCCCCCCCCC(C)=O.O=C=C1CNC(=O)CNC(=O)CNC(=O)C2CCCCN12. The van der Waals surface area contributed by atoms with Crippen LogP contribution in [0, 0.1) is 0 Å². The van der Waals surface area contributed by atoms with Crippen molar-refractivity contribution in [3.63, 3.8) is 0 Å². The number of Topliss-reactive ketones (excluding diaryl/α,β-unsaturated/α-hetero) is 2. The van der Waals surface area contributed by atoms with Crippen molar-refractivity contribution >= 4 is 35.2 Å². The molecule has 0 aliphatic carbocycles. The quantitative estimate of drug-likeness (QED) is 0.136. The number of carbonyl (C=O) groups is 5. The van der Waals surface area contributed by atoms with Crippen LogP contribution in [0.4, 0.5) is 0 Å². The number of fused-ring (bicyclic) bond motifs is 1. The Balaban J connectivity index is 0. The van der Waals surface area contributed by atoms with E-state index >= 15 is 0 Å². The third-order valence-corrected chi connectivity index (χ3v) is 7.93. The Bertz CT molecular complexity index is 915. The van der Waals surface area contributed by atoms with Crippen LogP contribution in [0.25, 0.3) is 0 Å². The van der Waals surface area contributed by atoms with Crippen molar-refractivity contribution < 1.29 is 28.8 Å². The second kappa shape index (κ2) is 32.9. The van der Waals surface area contributed by atoms with Gasteiger partial charge >= 0.3 is 0 Å². The largest absolute Gasteiger partial charge is 0.352 e. The molecule has 0 radical (unpaired) electrons. The van der Waals surface area contributed by atoms with Gasteiger partial charge in [-0.2, -0.15) is 0 Å². The lowest BCUT2D eigenvalue weighted by atomic mass is 10.0. The smallest absolute Gasteiger partial charge is 0.243 e. The molecule has 10 nitrogen and oxygen atoms in total. The molecule has 1 unspecified atom stereocenters. The van der Waals surface area contributed by atoms with Gasteiger partial charge in [0.2, 0.25) is 17.7 Å². The van der Waals surface area contributed by atoms with Crippen LogP contribution in [-0.2, 0) is 28.8 Å². The number of carbonyl (C=O) groups excluding carboxylic acids is 6. The van der Waals surface area contributed by atoms with Crippen molar-refractivity contribution in [2.45, 2.75) is 170 Å². The molecule has 3 amide bonds. The summed E-state index contributed by atoms with van der Waals surface area (Å²) in [5.41, 5.74) is 0.259. The van der Waals surface area contributed by atoms with Crippen LogP contribution in [0.15, 0.2) is 5.70 Å². The molecule has 2 rings (SSSR count). The molecule has 2 heterocycles. The van der Waals surface area contributed by atoms with Crippen LogP contribution >= 0.6 is 0 Å². The predicted molar refractivity (Wildman–Crippen MR) is 191 cm³/mol. The van der Waals surface area contributed by atoms with Crippen LogP contribution in [-0.4, -0.2) is 72.4 Å². The van der Waals surface area contributed by atoms with Gasteiger partial charge in [0.15, 0.2) is 0 Å². The van der Waals surface area contributed by atoms with E-state index < -0.39 is 17.9 Å². The van der Waals surface area contributed by atoms with Crippen LogP contribution in [0.3, 0.4) is 0 Å². The molecule has 0 aromatic carbocycles.